The molecule has 0 radical (unpaired) electrons. The summed E-state index contributed by atoms with van der Waals surface area (Å²) >= 11 is 0. The number of ether oxygens (including phenoxy) is 1. The first-order valence-electron chi connectivity index (χ1n) is 7.35. The Bertz CT molecular complexity index is 1070. The number of nitrogens with zero attached hydrogens (tertiary/aromatic N) is 5. The van der Waals surface area contributed by atoms with Crippen LogP contribution in [0.1, 0.15) is 16.3 Å². The second-order valence-electron chi connectivity index (χ2n) is 5.27. The molecule has 0 atom stereocenters. The fourth-order valence-electron chi connectivity index (χ4n) is 2.66. The molecule has 7 nitrogen and oxygen atoms in total. The maximum Gasteiger partial charge on any atom is 0.376 e. The molecule has 0 aliphatic carbocycles. The first-order valence-corrected chi connectivity index (χ1v) is 7.35. The van der Waals surface area contributed by atoms with Crippen molar-refractivity contribution in [2.24, 2.45) is 0 Å². The highest BCUT2D eigenvalue weighted by atomic mass is 16.5. The molecule has 4 rings (SSSR count). The maximum atomic E-state index is 12.0. The summed E-state index contributed by atoms with van der Waals surface area (Å²) in [4.78, 5) is 21.3. The smallest absolute Gasteiger partial charge is 0.376 e. The van der Waals surface area contributed by atoms with Gasteiger partial charge in [0, 0.05) is 5.56 Å². The number of fused-ring (bicyclic) bond motifs is 3. The monoisotopic (exact) mass is 319 g/mol. The van der Waals surface area contributed by atoms with Gasteiger partial charge in [-0.25, -0.2) is 14.8 Å². The zero-order chi connectivity index (χ0) is 16.7. The van der Waals surface area contributed by atoms with E-state index in [9.17, 15) is 4.79 Å². The predicted octanol–water partition coefficient (Wildman–Crippen LogP) is 2.43. The summed E-state index contributed by atoms with van der Waals surface area (Å²) in [6, 6.07) is 13.3. The number of pyridine rings is 1. The van der Waals surface area contributed by atoms with Gasteiger partial charge < -0.3 is 4.74 Å². The van der Waals surface area contributed by atoms with Gasteiger partial charge in [-0.2, -0.15) is 0 Å². The SMILES string of the molecule is COC(=O)c1nnc2ccc3nc(C)c(-c4ccccc4)nc3n12. The van der Waals surface area contributed by atoms with Crippen LogP contribution in [0.3, 0.4) is 0 Å². The van der Waals surface area contributed by atoms with E-state index in [-0.39, 0.29) is 5.82 Å². The number of methoxy groups -OCH3 is 1. The molecule has 7 heteroatoms. The molecule has 0 N–H and O–H groups in total. The van der Waals surface area contributed by atoms with Crippen molar-refractivity contribution in [3.63, 3.8) is 0 Å². The van der Waals surface area contributed by atoms with E-state index >= 15 is 0 Å². The maximum absolute atomic E-state index is 12.0. The van der Waals surface area contributed by atoms with E-state index in [1.807, 2.05) is 43.3 Å². The Morgan fingerprint density at radius 2 is 1.83 bits per heavy atom. The molecule has 3 heterocycles. The lowest BCUT2D eigenvalue weighted by Crippen LogP contribution is -2.09. The second-order valence-corrected chi connectivity index (χ2v) is 5.27. The van der Waals surface area contributed by atoms with Crippen LogP contribution < -0.4 is 0 Å². The summed E-state index contributed by atoms with van der Waals surface area (Å²) in [7, 11) is 1.31. The Hall–Kier alpha value is -3.35. The number of hydrogen-bond acceptors (Lipinski definition) is 6. The van der Waals surface area contributed by atoms with Crippen LogP contribution in [-0.2, 0) is 4.74 Å². The molecule has 0 bridgehead atoms. The van der Waals surface area contributed by atoms with Gasteiger partial charge in [0.1, 0.15) is 5.52 Å². The van der Waals surface area contributed by atoms with Crippen LogP contribution in [0.5, 0.6) is 0 Å². The molecule has 3 aromatic heterocycles. The van der Waals surface area contributed by atoms with Crippen molar-refractivity contribution in [1.29, 1.82) is 0 Å². The molecule has 24 heavy (non-hydrogen) atoms. The average Bonchev–Trinajstić information content (AvgIpc) is 3.05. The van der Waals surface area contributed by atoms with E-state index < -0.39 is 5.97 Å². The summed E-state index contributed by atoms with van der Waals surface area (Å²) in [5.74, 6) is -0.492. The zero-order valence-corrected chi connectivity index (χ0v) is 13.1. The van der Waals surface area contributed by atoms with Crippen LogP contribution in [-0.4, -0.2) is 37.6 Å². The van der Waals surface area contributed by atoms with Crippen molar-refractivity contribution in [3.8, 4) is 11.3 Å². The third-order valence-electron chi connectivity index (χ3n) is 3.78. The fourth-order valence-corrected chi connectivity index (χ4v) is 2.66. The lowest BCUT2D eigenvalue weighted by Gasteiger charge is -2.08. The summed E-state index contributed by atoms with van der Waals surface area (Å²) in [5.41, 5.74) is 4.20. The quantitative estimate of drug-likeness (QED) is 0.528. The van der Waals surface area contributed by atoms with Gasteiger partial charge in [0.15, 0.2) is 11.3 Å². The highest BCUT2D eigenvalue weighted by Gasteiger charge is 2.19. The van der Waals surface area contributed by atoms with Gasteiger partial charge in [-0.1, -0.05) is 30.3 Å². The van der Waals surface area contributed by atoms with E-state index in [0.717, 1.165) is 17.0 Å². The Balaban J connectivity index is 2.08. The van der Waals surface area contributed by atoms with Crippen LogP contribution in [0, 0.1) is 6.92 Å². The molecule has 4 aromatic rings. The van der Waals surface area contributed by atoms with E-state index in [1.165, 1.54) is 7.11 Å². The first-order chi connectivity index (χ1) is 11.7. The predicted molar refractivity (Wildman–Crippen MR) is 87.6 cm³/mol. The molecule has 0 unspecified atom stereocenters. The van der Waals surface area contributed by atoms with Crippen molar-refractivity contribution in [2.45, 2.75) is 6.92 Å². The summed E-state index contributed by atoms with van der Waals surface area (Å²) in [5, 5.41) is 7.92. The van der Waals surface area contributed by atoms with Gasteiger partial charge in [0.2, 0.25) is 5.82 Å². The minimum Gasteiger partial charge on any atom is -0.463 e. The molecule has 1 aromatic carbocycles. The number of carbonyl (C=O) groups is 1. The van der Waals surface area contributed by atoms with Crippen molar-refractivity contribution >= 4 is 22.8 Å². The van der Waals surface area contributed by atoms with Gasteiger partial charge in [-0.15, -0.1) is 10.2 Å². The highest BCUT2D eigenvalue weighted by Crippen LogP contribution is 2.23. The molecule has 0 spiro atoms. The van der Waals surface area contributed by atoms with Crippen LogP contribution in [0.2, 0.25) is 0 Å². The second kappa shape index (κ2) is 5.38. The summed E-state index contributed by atoms with van der Waals surface area (Å²) in [6.07, 6.45) is 0. The summed E-state index contributed by atoms with van der Waals surface area (Å²) < 4.78 is 6.35. The third kappa shape index (κ3) is 2.10. The minimum absolute atomic E-state index is 0.0789. The normalized spacial score (nSPS) is 11.1. The van der Waals surface area contributed by atoms with Crippen LogP contribution in [0.15, 0.2) is 42.5 Å². The van der Waals surface area contributed by atoms with Gasteiger partial charge in [-0.3, -0.25) is 4.40 Å². The lowest BCUT2D eigenvalue weighted by atomic mass is 10.1. The number of aromatic nitrogens is 5. The van der Waals surface area contributed by atoms with Crippen LogP contribution >= 0.6 is 0 Å². The van der Waals surface area contributed by atoms with E-state index in [2.05, 4.69) is 15.2 Å². The molecule has 0 amide bonds. The Morgan fingerprint density at radius 1 is 1.04 bits per heavy atom. The first kappa shape index (κ1) is 14.3. The molecule has 0 saturated heterocycles. The van der Waals surface area contributed by atoms with Gasteiger partial charge >= 0.3 is 5.97 Å². The number of hydrogen-bond donors (Lipinski definition) is 0. The Kier molecular flexibility index (Phi) is 3.19. The Labute approximate surface area is 137 Å². The number of aryl methyl sites for hydroxylation is 1. The largest absolute Gasteiger partial charge is 0.463 e. The molecule has 0 saturated carbocycles. The van der Waals surface area contributed by atoms with Crippen LogP contribution in [0.4, 0.5) is 0 Å². The van der Waals surface area contributed by atoms with Gasteiger partial charge in [-0.05, 0) is 19.1 Å². The van der Waals surface area contributed by atoms with Gasteiger partial charge in [0.05, 0.1) is 18.5 Å². The Morgan fingerprint density at radius 3 is 2.58 bits per heavy atom. The number of rotatable bonds is 2. The number of esters is 1. The topological polar surface area (TPSA) is 82.3 Å². The van der Waals surface area contributed by atoms with E-state index in [4.69, 9.17) is 9.72 Å². The van der Waals surface area contributed by atoms with E-state index in [0.29, 0.717) is 16.8 Å². The third-order valence-corrected chi connectivity index (χ3v) is 3.78. The van der Waals surface area contributed by atoms with Gasteiger partial charge in [0.25, 0.3) is 0 Å². The molecular weight excluding hydrogens is 306 g/mol. The van der Waals surface area contributed by atoms with E-state index in [1.54, 1.807) is 10.5 Å². The minimum atomic E-state index is -0.571. The molecular formula is C17H13N5O2. The molecule has 0 aliphatic heterocycles. The highest BCUT2D eigenvalue weighted by molar-refractivity contribution is 5.89. The number of carbonyl (C=O) groups excluding carboxylic acids is 1. The van der Waals surface area contributed by atoms with Crippen molar-refractivity contribution in [2.75, 3.05) is 7.11 Å². The standard InChI is InChI=1S/C17H13N5O2/c1-10-14(11-6-4-3-5-7-11)19-15-12(18-10)8-9-13-20-21-16(22(13)15)17(23)24-2/h3-9H,1-2H3. The average molecular weight is 319 g/mol. The number of benzene rings is 1. The summed E-state index contributed by atoms with van der Waals surface area (Å²) in [6.45, 7) is 1.91. The van der Waals surface area contributed by atoms with Crippen LogP contribution in [0.25, 0.3) is 28.1 Å². The zero-order valence-electron chi connectivity index (χ0n) is 13.1. The van der Waals surface area contributed by atoms with Crippen molar-refractivity contribution < 1.29 is 9.53 Å². The van der Waals surface area contributed by atoms with Crippen molar-refractivity contribution in [1.82, 2.24) is 24.6 Å². The molecule has 0 aliphatic rings. The van der Waals surface area contributed by atoms with Crippen molar-refractivity contribution in [3.05, 3.63) is 54.0 Å². The lowest BCUT2D eigenvalue weighted by molar-refractivity contribution is 0.0585. The molecule has 118 valence electrons. The fraction of sp³-hybridized carbons (Fsp3) is 0.118. The molecule has 0 fully saturated rings.